The summed E-state index contributed by atoms with van der Waals surface area (Å²) in [4.78, 5) is 17.3. The van der Waals surface area contributed by atoms with Gasteiger partial charge in [-0.2, -0.15) is 0 Å². The number of pyridine rings is 1. The molecule has 0 unspecified atom stereocenters. The summed E-state index contributed by atoms with van der Waals surface area (Å²) in [6, 6.07) is 17.8. The van der Waals surface area contributed by atoms with E-state index in [0.29, 0.717) is 6.61 Å². The smallest absolute Gasteiger partial charge is 0.141 e. The largest absolute Gasteiger partial charge is 0.487 e. The monoisotopic (exact) mass is 408 g/mol. The summed E-state index contributed by atoms with van der Waals surface area (Å²) < 4.78 is 8.03. The van der Waals surface area contributed by atoms with Gasteiger partial charge in [0.2, 0.25) is 0 Å². The van der Waals surface area contributed by atoms with Crippen LogP contribution in [0.1, 0.15) is 11.3 Å². The van der Waals surface area contributed by atoms with Crippen LogP contribution in [0.5, 0.6) is 5.75 Å². The molecule has 31 heavy (non-hydrogen) atoms. The SMILES string of the molecule is Cc1cc(Nc2ncnc3ccccc23)c(-n2ccnc2)cc1OCc1ccccn1. The first-order chi connectivity index (χ1) is 15.3. The van der Waals surface area contributed by atoms with E-state index < -0.39 is 0 Å². The molecule has 0 amide bonds. The van der Waals surface area contributed by atoms with E-state index in [4.69, 9.17) is 4.74 Å². The first kappa shape index (κ1) is 18.7. The molecule has 2 aromatic carbocycles. The van der Waals surface area contributed by atoms with Gasteiger partial charge >= 0.3 is 0 Å². The van der Waals surface area contributed by atoms with Crippen molar-refractivity contribution in [1.29, 1.82) is 0 Å². The van der Waals surface area contributed by atoms with Crippen LogP contribution in [0.2, 0.25) is 0 Å². The van der Waals surface area contributed by atoms with Gasteiger partial charge in [0, 0.05) is 30.0 Å². The van der Waals surface area contributed by atoms with E-state index in [1.54, 1.807) is 25.0 Å². The third-order valence-electron chi connectivity index (χ3n) is 4.97. The number of nitrogens with one attached hydrogen (secondary N) is 1. The maximum Gasteiger partial charge on any atom is 0.141 e. The highest BCUT2D eigenvalue weighted by Gasteiger charge is 2.13. The van der Waals surface area contributed by atoms with Gasteiger partial charge in [-0.3, -0.25) is 4.98 Å². The molecule has 0 aliphatic rings. The van der Waals surface area contributed by atoms with E-state index in [-0.39, 0.29) is 0 Å². The highest BCUT2D eigenvalue weighted by molar-refractivity contribution is 5.91. The number of benzene rings is 2. The molecule has 0 radical (unpaired) electrons. The van der Waals surface area contributed by atoms with Crippen LogP contribution in [0.15, 0.2) is 85.8 Å². The highest BCUT2D eigenvalue weighted by Crippen LogP contribution is 2.33. The molecule has 0 bridgehead atoms. The number of hydrogen-bond donors (Lipinski definition) is 1. The normalized spacial score (nSPS) is 10.9. The standard InChI is InChI=1S/C24H20N6O/c1-17-12-21(29-24-19-7-2-3-8-20(19)27-15-28-24)22(30-11-10-25-16-30)13-23(17)31-14-18-6-4-5-9-26-18/h2-13,15-16H,14H2,1H3,(H,27,28,29). The molecule has 0 saturated carbocycles. The Morgan fingerprint density at radius 1 is 0.968 bits per heavy atom. The number of rotatable bonds is 6. The van der Waals surface area contributed by atoms with Crippen molar-refractivity contribution in [3.8, 4) is 11.4 Å². The van der Waals surface area contributed by atoms with Crippen molar-refractivity contribution in [2.24, 2.45) is 0 Å². The minimum absolute atomic E-state index is 0.397. The van der Waals surface area contributed by atoms with E-state index in [1.807, 2.05) is 66.2 Å². The fraction of sp³-hybridized carbons (Fsp3) is 0.0833. The second-order valence-electron chi connectivity index (χ2n) is 7.08. The lowest BCUT2D eigenvalue weighted by atomic mass is 10.1. The fourth-order valence-corrected chi connectivity index (χ4v) is 3.42. The summed E-state index contributed by atoms with van der Waals surface area (Å²) in [7, 11) is 0. The molecule has 7 heteroatoms. The van der Waals surface area contributed by atoms with Crippen molar-refractivity contribution in [3.63, 3.8) is 0 Å². The second-order valence-corrected chi connectivity index (χ2v) is 7.08. The number of aromatic nitrogens is 5. The van der Waals surface area contributed by atoms with Crippen molar-refractivity contribution in [2.75, 3.05) is 5.32 Å². The molecule has 1 N–H and O–H groups in total. The Hall–Kier alpha value is -4.26. The summed E-state index contributed by atoms with van der Waals surface area (Å²) in [5.74, 6) is 1.53. The molecule has 0 spiro atoms. The lowest BCUT2D eigenvalue weighted by molar-refractivity contribution is 0.299. The van der Waals surface area contributed by atoms with Crippen LogP contribution in [-0.2, 0) is 6.61 Å². The minimum Gasteiger partial charge on any atom is -0.487 e. The van der Waals surface area contributed by atoms with Crippen LogP contribution in [0, 0.1) is 6.92 Å². The van der Waals surface area contributed by atoms with Gasteiger partial charge in [-0.1, -0.05) is 18.2 Å². The first-order valence-corrected chi connectivity index (χ1v) is 9.90. The molecular formula is C24H20N6O. The molecule has 7 nitrogen and oxygen atoms in total. The van der Waals surface area contributed by atoms with E-state index in [9.17, 15) is 0 Å². The Balaban J connectivity index is 1.53. The highest BCUT2D eigenvalue weighted by atomic mass is 16.5. The molecule has 0 aliphatic heterocycles. The predicted molar refractivity (Wildman–Crippen MR) is 120 cm³/mol. The molecule has 0 aliphatic carbocycles. The van der Waals surface area contributed by atoms with Gasteiger partial charge in [-0.15, -0.1) is 0 Å². The van der Waals surface area contributed by atoms with Crippen molar-refractivity contribution >= 4 is 22.4 Å². The average molecular weight is 408 g/mol. The third kappa shape index (κ3) is 3.93. The lowest BCUT2D eigenvalue weighted by Crippen LogP contribution is -2.04. The maximum atomic E-state index is 6.09. The molecule has 5 rings (SSSR count). The Morgan fingerprint density at radius 2 is 1.87 bits per heavy atom. The average Bonchev–Trinajstić information content (AvgIpc) is 3.34. The number of ether oxygens (including phenoxy) is 1. The minimum atomic E-state index is 0.397. The molecule has 152 valence electrons. The van der Waals surface area contributed by atoms with Crippen molar-refractivity contribution in [3.05, 3.63) is 97.1 Å². The van der Waals surface area contributed by atoms with E-state index in [2.05, 4.69) is 31.3 Å². The fourth-order valence-electron chi connectivity index (χ4n) is 3.42. The Labute approximate surface area is 179 Å². The summed E-state index contributed by atoms with van der Waals surface area (Å²) >= 11 is 0. The van der Waals surface area contributed by atoms with Gasteiger partial charge in [0.1, 0.15) is 24.5 Å². The van der Waals surface area contributed by atoms with Gasteiger partial charge in [0.05, 0.1) is 28.9 Å². The zero-order valence-corrected chi connectivity index (χ0v) is 16.9. The Bertz CT molecular complexity index is 1310. The van der Waals surface area contributed by atoms with Crippen LogP contribution >= 0.6 is 0 Å². The predicted octanol–water partition coefficient (Wildman–Crippen LogP) is 4.84. The molecular weight excluding hydrogens is 388 g/mol. The molecule has 3 aromatic heterocycles. The van der Waals surface area contributed by atoms with Gasteiger partial charge in [-0.25, -0.2) is 15.0 Å². The molecule has 0 saturated heterocycles. The molecule has 0 fully saturated rings. The quantitative estimate of drug-likeness (QED) is 0.433. The third-order valence-corrected chi connectivity index (χ3v) is 4.97. The molecule has 0 atom stereocenters. The van der Waals surface area contributed by atoms with E-state index >= 15 is 0 Å². The van der Waals surface area contributed by atoms with Gasteiger partial charge in [-0.05, 0) is 42.8 Å². The number of hydrogen-bond acceptors (Lipinski definition) is 6. The number of anilines is 2. The zero-order valence-electron chi connectivity index (χ0n) is 16.9. The van der Waals surface area contributed by atoms with Crippen molar-refractivity contribution < 1.29 is 4.74 Å². The summed E-state index contributed by atoms with van der Waals surface area (Å²) in [5, 5.41) is 4.43. The van der Waals surface area contributed by atoms with Crippen LogP contribution in [0.25, 0.3) is 16.6 Å². The summed E-state index contributed by atoms with van der Waals surface area (Å²) in [6.07, 6.45) is 8.74. The number of imidazole rings is 1. The zero-order chi connectivity index (χ0) is 21.0. The van der Waals surface area contributed by atoms with Crippen LogP contribution < -0.4 is 10.1 Å². The van der Waals surface area contributed by atoms with E-state index in [1.165, 1.54) is 0 Å². The Kier molecular flexibility index (Phi) is 4.98. The topological polar surface area (TPSA) is 77.8 Å². The Morgan fingerprint density at radius 3 is 2.71 bits per heavy atom. The summed E-state index contributed by atoms with van der Waals surface area (Å²) in [6.45, 7) is 2.42. The molecule has 5 aromatic rings. The number of fused-ring (bicyclic) bond motifs is 1. The number of para-hydroxylation sites is 1. The van der Waals surface area contributed by atoms with Gasteiger partial charge in [0.15, 0.2) is 0 Å². The van der Waals surface area contributed by atoms with Crippen LogP contribution in [-0.4, -0.2) is 24.5 Å². The van der Waals surface area contributed by atoms with Crippen molar-refractivity contribution in [1.82, 2.24) is 24.5 Å². The van der Waals surface area contributed by atoms with Gasteiger partial charge < -0.3 is 14.6 Å². The lowest BCUT2D eigenvalue weighted by Gasteiger charge is -2.17. The van der Waals surface area contributed by atoms with Crippen LogP contribution in [0.4, 0.5) is 11.5 Å². The van der Waals surface area contributed by atoms with Crippen LogP contribution in [0.3, 0.4) is 0 Å². The first-order valence-electron chi connectivity index (χ1n) is 9.90. The van der Waals surface area contributed by atoms with E-state index in [0.717, 1.165) is 45.1 Å². The van der Waals surface area contributed by atoms with Gasteiger partial charge in [0.25, 0.3) is 0 Å². The summed E-state index contributed by atoms with van der Waals surface area (Å²) in [5.41, 5.74) is 4.56. The number of nitrogens with zero attached hydrogens (tertiary/aromatic N) is 5. The number of aryl methyl sites for hydroxylation is 1. The second kappa shape index (κ2) is 8.23. The molecule has 3 heterocycles. The van der Waals surface area contributed by atoms with Crippen molar-refractivity contribution in [2.45, 2.75) is 13.5 Å². The maximum absolute atomic E-state index is 6.09.